The van der Waals surface area contributed by atoms with Crippen LogP contribution >= 0.6 is 11.6 Å². The third kappa shape index (κ3) is 3.38. The molecule has 1 aromatic rings. The van der Waals surface area contributed by atoms with Gasteiger partial charge in [0, 0.05) is 36.8 Å². The van der Waals surface area contributed by atoms with Gasteiger partial charge < -0.3 is 14.9 Å². The fraction of sp³-hybridized carbons (Fsp3) is 0.385. The Kier molecular flexibility index (Phi) is 4.27. The molecule has 19 heavy (non-hydrogen) atoms. The summed E-state index contributed by atoms with van der Waals surface area (Å²) in [4.78, 5) is 26.2. The Morgan fingerprint density at radius 3 is 2.47 bits per heavy atom. The largest absolute Gasteiger partial charge is 0.465 e. The predicted octanol–water partition coefficient (Wildman–Crippen LogP) is 2.17. The van der Waals surface area contributed by atoms with E-state index < -0.39 is 6.09 Å². The summed E-state index contributed by atoms with van der Waals surface area (Å²) < 4.78 is 0. The molecule has 102 valence electrons. The fourth-order valence-corrected chi connectivity index (χ4v) is 2.31. The molecule has 1 aromatic carbocycles. The van der Waals surface area contributed by atoms with Crippen LogP contribution < -0.4 is 0 Å². The zero-order chi connectivity index (χ0) is 13.8. The van der Waals surface area contributed by atoms with Gasteiger partial charge in [-0.15, -0.1) is 0 Å². The van der Waals surface area contributed by atoms with Crippen LogP contribution in [0.3, 0.4) is 0 Å². The summed E-state index contributed by atoms with van der Waals surface area (Å²) >= 11 is 5.87. The molecule has 0 saturated carbocycles. The second-order valence-corrected chi connectivity index (χ2v) is 4.86. The number of rotatable bonds is 1. The number of carbonyl (C=O) groups is 2. The second kappa shape index (κ2) is 5.93. The molecule has 2 amide bonds. The van der Waals surface area contributed by atoms with Crippen LogP contribution in [0, 0.1) is 0 Å². The minimum atomic E-state index is -0.933. The van der Waals surface area contributed by atoms with E-state index in [0.717, 1.165) is 0 Å². The van der Waals surface area contributed by atoms with Gasteiger partial charge in [0.2, 0.25) is 0 Å². The van der Waals surface area contributed by atoms with Crippen molar-refractivity contribution >= 4 is 23.6 Å². The van der Waals surface area contributed by atoms with E-state index in [2.05, 4.69) is 0 Å². The highest BCUT2D eigenvalue weighted by Gasteiger charge is 2.22. The van der Waals surface area contributed by atoms with Crippen LogP contribution in [0.4, 0.5) is 4.79 Å². The zero-order valence-corrected chi connectivity index (χ0v) is 11.1. The van der Waals surface area contributed by atoms with Crippen molar-refractivity contribution in [3.63, 3.8) is 0 Å². The molecule has 1 fully saturated rings. The van der Waals surface area contributed by atoms with Crippen molar-refractivity contribution in [2.75, 3.05) is 26.2 Å². The maximum atomic E-state index is 12.3. The average molecular weight is 283 g/mol. The maximum absolute atomic E-state index is 12.3. The van der Waals surface area contributed by atoms with Crippen LogP contribution in [0.2, 0.25) is 5.02 Å². The highest BCUT2D eigenvalue weighted by atomic mass is 35.5. The predicted molar refractivity (Wildman–Crippen MR) is 71.6 cm³/mol. The van der Waals surface area contributed by atoms with Gasteiger partial charge in [0.15, 0.2) is 0 Å². The number of carbonyl (C=O) groups excluding carboxylic acids is 1. The molecule has 5 nitrogen and oxygen atoms in total. The molecule has 0 unspecified atom stereocenters. The van der Waals surface area contributed by atoms with E-state index in [1.807, 2.05) is 0 Å². The molecule has 0 radical (unpaired) electrons. The van der Waals surface area contributed by atoms with Crippen LogP contribution in [0.1, 0.15) is 16.8 Å². The third-order valence-corrected chi connectivity index (χ3v) is 3.36. The first-order chi connectivity index (χ1) is 9.08. The Hall–Kier alpha value is -1.75. The highest BCUT2D eigenvalue weighted by Crippen LogP contribution is 2.14. The molecule has 1 saturated heterocycles. The van der Waals surface area contributed by atoms with E-state index in [4.69, 9.17) is 16.7 Å². The number of amides is 2. The van der Waals surface area contributed by atoms with Crippen molar-refractivity contribution in [1.29, 1.82) is 0 Å². The van der Waals surface area contributed by atoms with E-state index >= 15 is 0 Å². The molecule has 0 atom stereocenters. The van der Waals surface area contributed by atoms with Gasteiger partial charge in [-0.2, -0.15) is 0 Å². The number of halogens is 1. The summed E-state index contributed by atoms with van der Waals surface area (Å²) in [5.41, 5.74) is 0.538. The average Bonchev–Trinajstić information content (AvgIpc) is 2.63. The fourth-order valence-electron chi connectivity index (χ4n) is 2.12. The van der Waals surface area contributed by atoms with Crippen LogP contribution in [0.5, 0.6) is 0 Å². The Morgan fingerprint density at radius 2 is 1.79 bits per heavy atom. The molecule has 1 aliphatic heterocycles. The van der Waals surface area contributed by atoms with Gasteiger partial charge in [0.25, 0.3) is 5.91 Å². The monoisotopic (exact) mass is 282 g/mol. The Morgan fingerprint density at radius 1 is 1.11 bits per heavy atom. The first kappa shape index (κ1) is 13.7. The van der Waals surface area contributed by atoms with Gasteiger partial charge in [-0.3, -0.25) is 4.79 Å². The number of carboxylic acid groups (broad SMARTS) is 1. The van der Waals surface area contributed by atoms with Crippen molar-refractivity contribution in [1.82, 2.24) is 9.80 Å². The van der Waals surface area contributed by atoms with Crippen molar-refractivity contribution in [2.45, 2.75) is 6.42 Å². The SMILES string of the molecule is O=C(O)N1CCCN(C(=O)c2cccc(Cl)c2)CC1. The van der Waals surface area contributed by atoms with Crippen LogP contribution in [0.25, 0.3) is 0 Å². The molecule has 1 aliphatic rings. The quantitative estimate of drug-likeness (QED) is 0.859. The summed E-state index contributed by atoms with van der Waals surface area (Å²) in [5.74, 6) is -0.102. The summed E-state index contributed by atoms with van der Waals surface area (Å²) in [7, 11) is 0. The van der Waals surface area contributed by atoms with E-state index in [0.29, 0.717) is 43.2 Å². The number of nitrogens with zero attached hydrogens (tertiary/aromatic N) is 2. The van der Waals surface area contributed by atoms with Crippen molar-refractivity contribution in [2.24, 2.45) is 0 Å². The smallest absolute Gasteiger partial charge is 0.407 e. The Balaban J connectivity index is 2.06. The lowest BCUT2D eigenvalue weighted by Gasteiger charge is -2.20. The summed E-state index contributed by atoms with van der Waals surface area (Å²) in [6, 6.07) is 6.79. The molecule has 0 bridgehead atoms. The van der Waals surface area contributed by atoms with E-state index in [1.165, 1.54) is 4.90 Å². The first-order valence-electron chi connectivity index (χ1n) is 6.10. The second-order valence-electron chi connectivity index (χ2n) is 4.43. The van der Waals surface area contributed by atoms with Crippen molar-refractivity contribution in [3.8, 4) is 0 Å². The zero-order valence-electron chi connectivity index (χ0n) is 10.4. The maximum Gasteiger partial charge on any atom is 0.407 e. The first-order valence-corrected chi connectivity index (χ1v) is 6.48. The molecular weight excluding hydrogens is 268 g/mol. The minimum Gasteiger partial charge on any atom is -0.465 e. The molecule has 0 spiro atoms. The highest BCUT2D eigenvalue weighted by molar-refractivity contribution is 6.30. The molecule has 1 heterocycles. The molecule has 0 aliphatic carbocycles. The molecule has 6 heteroatoms. The Labute approximate surface area is 116 Å². The van der Waals surface area contributed by atoms with E-state index in [1.54, 1.807) is 29.2 Å². The topological polar surface area (TPSA) is 60.9 Å². The van der Waals surface area contributed by atoms with E-state index in [9.17, 15) is 9.59 Å². The van der Waals surface area contributed by atoms with Gasteiger partial charge >= 0.3 is 6.09 Å². The number of benzene rings is 1. The molecule has 2 rings (SSSR count). The molecular formula is C13H15ClN2O3. The molecule has 1 N–H and O–H groups in total. The molecule has 0 aromatic heterocycles. The number of hydrogen-bond donors (Lipinski definition) is 1. The third-order valence-electron chi connectivity index (χ3n) is 3.13. The summed E-state index contributed by atoms with van der Waals surface area (Å²) in [5, 5.41) is 9.47. The lowest BCUT2D eigenvalue weighted by atomic mass is 10.2. The lowest BCUT2D eigenvalue weighted by molar-refractivity contribution is 0.0759. The van der Waals surface area contributed by atoms with Crippen molar-refractivity contribution in [3.05, 3.63) is 34.9 Å². The van der Waals surface area contributed by atoms with Gasteiger partial charge in [-0.25, -0.2) is 4.79 Å². The lowest BCUT2D eigenvalue weighted by Crippen LogP contribution is -2.36. The van der Waals surface area contributed by atoms with E-state index in [-0.39, 0.29) is 5.91 Å². The van der Waals surface area contributed by atoms with Gasteiger partial charge in [0.05, 0.1) is 0 Å². The Bertz CT molecular complexity index is 493. The normalized spacial score (nSPS) is 16.1. The summed E-state index contributed by atoms with van der Waals surface area (Å²) in [6.07, 6.45) is -0.282. The minimum absolute atomic E-state index is 0.102. The van der Waals surface area contributed by atoms with Crippen LogP contribution in [-0.4, -0.2) is 53.1 Å². The number of hydrogen-bond acceptors (Lipinski definition) is 2. The van der Waals surface area contributed by atoms with Gasteiger partial charge in [0.1, 0.15) is 0 Å². The van der Waals surface area contributed by atoms with Crippen LogP contribution in [0.15, 0.2) is 24.3 Å². The van der Waals surface area contributed by atoms with Gasteiger partial charge in [-0.05, 0) is 24.6 Å². The van der Waals surface area contributed by atoms with Gasteiger partial charge in [-0.1, -0.05) is 17.7 Å². The van der Waals surface area contributed by atoms with Crippen LogP contribution in [-0.2, 0) is 0 Å². The standard InChI is InChI=1S/C13H15ClN2O3/c14-11-4-1-3-10(9-11)12(17)15-5-2-6-16(8-7-15)13(18)19/h1,3-4,9H,2,5-8H2,(H,18,19). The van der Waals surface area contributed by atoms with Crippen molar-refractivity contribution < 1.29 is 14.7 Å². The summed E-state index contributed by atoms with van der Waals surface area (Å²) in [6.45, 7) is 1.79.